The Labute approximate surface area is 234 Å². The van der Waals surface area contributed by atoms with Crippen molar-refractivity contribution in [3.8, 4) is 0 Å². The van der Waals surface area contributed by atoms with E-state index in [9.17, 15) is 0 Å². The van der Waals surface area contributed by atoms with E-state index in [1.54, 1.807) is 0 Å². The Balaban J connectivity index is 1.82. The van der Waals surface area contributed by atoms with Gasteiger partial charge in [0.15, 0.2) is 16.6 Å². The zero-order valence-electron chi connectivity index (χ0n) is 26.4. The minimum atomic E-state index is -1.74. The Bertz CT molecular complexity index is 657. The summed E-state index contributed by atoms with van der Waals surface area (Å²) in [5, 5.41) is 0. The van der Waals surface area contributed by atoms with Gasteiger partial charge in [-0.1, -0.05) is 98.0 Å². The van der Waals surface area contributed by atoms with Gasteiger partial charge >= 0.3 is 0 Å². The van der Waals surface area contributed by atoms with Gasteiger partial charge in [0.1, 0.15) is 6.71 Å². The van der Waals surface area contributed by atoms with Crippen molar-refractivity contribution in [2.24, 2.45) is 0 Å². The van der Waals surface area contributed by atoms with E-state index in [1.807, 2.05) is 0 Å². The SMILES string of the molecule is CC[Si](CC)(CC)OC(C)(C)[C@H]1CC[C@](C)(O[Si](CC)(CC)CC)[C@@H](CCB2C3CCCC2CCC3)O1. The number of hydrogen-bond donors (Lipinski definition) is 0. The van der Waals surface area contributed by atoms with Crippen LogP contribution in [0.25, 0.3) is 0 Å². The molecule has 0 saturated carbocycles. The van der Waals surface area contributed by atoms with Gasteiger partial charge in [-0.25, -0.2) is 0 Å². The number of hydrogen-bond acceptors (Lipinski definition) is 3. The lowest BCUT2D eigenvalue weighted by Gasteiger charge is -2.53. The molecule has 216 valence electrons. The van der Waals surface area contributed by atoms with Crippen LogP contribution in [0.15, 0.2) is 0 Å². The molecule has 2 bridgehead atoms. The summed E-state index contributed by atoms with van der Waals surface area (Å²) in [7, 11) is -3.45. The normalized spacial score (nSPS) is 31.5. The molecule has 3 aliphatic rings. The van der Waals surface area contributed by atoms with E-state index in [0.29, 0.717) is 0 Å². The lowest BCUT2D eigenvalue weighted by molar-refractivity contribution is -0.201. The maximum atomic E-state index is 7.37. The average Bonchev–Trinajstić information content (AvgIpc) is 2.89. The van der Waals surface area contributed by atoms with Gasteiger partial charge in [0, 0.05) is 0 Å². The van der Waals surface area contributed by atoms with Crippen molar-refractivity contribution in [3.05, 3.63) is 0 Å². The maximum Gasteiger partial charge on any atom is 0.192 e. The lowest BCUT2D eigenvalue weighted by Crippen LogP contribution is -2.60. The van der Waals surface area contributed by atoms with Crippen LogP contribution in [0.2, 0.25) is 54.2 Å². The van der Waals surface area contributed by atoms with E-state index in [4.69, 9.17) is 13.6 Å². The molecule has 3 atom stereocenters. The molecule has 0 N–H and O–H groups in total. The number of rotatable bonds is 14. The van der Waals surface area contributed by atoms with E-state index in [-0.39, 0.29) is 23.4 Å². The standard InChI is InChI=1S/C31H63BO3Si2/c1-10-36(11-2,12-3)34-30(7,8)28-22-24-31(9,35-37(13-4,14-5)15-6)29(33-28)23-25-32-26-18-16-19-27(32)21-17-20-26/h26-29H,10-25H2,1-9H3/t26?,27?,28-,29-,31+/m1/s1. The number of fused-ring (bicyclic) bond motifs is 2. The lowest BCUT2D eigenvalue weighted by atomic mass is 9.25. The molecule has 3 fully saturated rings. The van der Waals surface area contributed by atoms with Gasteiger partial charge < -0.3 is 13.6 Å². The highest BCUT2D eigenvalue weighted by atomic mass is 28.4. The number of ether oxygens (including phenoxy) is 1. The average molecular weight is 551 g/mol. The van der Waals surface area contributed by atoms with Gasteiger partial charge in [0.2, 0.25) is 0 Å². The van der Waals surface area contributed by atoms with Crippen molar-refractivity contribution in [2.45, 2.75) is 198 Å². The Morgan fingerprint density at radius 3 is 1.73 bits per heavy atom. The highest BCUT2D eigenvalue weighted by molar-refractivity contribution is 6.74. The molecular weight excluding hydrogens is 487 g/mol. The molecule has 3 heterocycles. The van der Waals surface area contributed by atoms with E-state index < -0.39 is 16.6 Å². The molecule has 0 radical (unpaired) electrons. The van der Waals surface area contributed by atoms with Gasteiger partial charge in [0.05, 0.1) is 23.4 Å². The van der Waals surface area contributed by atoms with Gasteiger partial charge in [-0.3, -0.25) is 0 Å². The fourth-order valence-corrected chi connectivity index (χ4v) is 15.0. The van der Waals surface area contributed by atoms with E-state index in [1.165, 1.54) is 87.5 Å². The molecular formula is C31H63BO3Si2. The van der Waals surface area contributed by atoms with E-state index in [2.05, 4.69) is 62.3 Å². The van der Waals surface area contributed by atoms with E-state index >= 15 is 0 Å². The zero-order valence-corrected chi connectivity index (χ0v) is 28.4. The summed E-state index contributed by atoms with van der Waals surface area (Å²) in [5.74, 6) is 1.94. The summed E-state index contributed by atoms with van der Waals surface area (Å²) in [6, 6.07) is 7.23. The van der Waals surface area contributed by atoms with Crippen LogP contribution in [-0.4, -0.2) is 46.8 Å². The Morgan fingerprint density at radius 2 is 1.27 bits per heavy atom. The van der Waals surface area contributed by atoms with Crippen LogP contribution in [0.4, 0.5) is 0 Å². The molecule has 3 nitrogen and oxygen atoms in total. The van der Waals surface area contributed by atoms with Crippen LogP contribution in [0.3, 0.4) is 0 Å². The molecule has 6 heteroatoms. The summed E-state index contributed by atoms with van der Waals surface area (Å²) in [5.41, 5.74) is -0.386. The second-order valence-electron chi connectivity index (χ2n) is 13.9. The van der Waals surface area contributed by atoms with Crippen LogP contribution in [0.5, 0.6) is 0 Å². The van der Waals surface area contributed by atoms with Crippen LogP contribution in [0, 0.1) is 0 Å². The van der Waals surface area contributed by atoms with Crippen molar-refractivity contribution < 1.29 is 13.6 Å². The Morgan fingerprint density at radius 1 is 0.784 bits per heavy atom. The van der Waals surface area contributed by atoms with E-state index in [0.717, 1.165) is 31.2 Å². The van der Waals surface area contributed by atoms with Crippen LogP contribution in [-0.2, 0) is 13.6 Å². The van der Waals surface area contributed by atoms with Crippen molar-refractivity contribution in [2.75, 3.05) is 0 Å². The first-order chi connectivity index (χ1) is 17.5. The van der Waals surface area contributed by atoms with Crippen molar-refractivity contribution in [3.63, 3.8) is 0 Å². The van der Waals surface area contributed by atoms with Gasteiger partial charge in [-0.15, -0.1) is 0 Å². The fourth-order valence-electron chi connectivity index (χ4n) is 8.67. The first-order valence-electron chi connectivity index (χ1n) is 16.6. The van der Waals surface area contributed by atoms with Gasteiger partial charge in [-0.2, -0.15) is 0 Å². The third-order valence-electron chi connectivity index (χ3n) is 11.8. The molecule has 3 saturated heterocycles. The highest BCUT2D eigenvalue weighted by Crippen LogP contribution is 2.50. The first kappa shape index (κ1) is 31.9. The summed E-state index contributed by atoms with van der Waals surface area (Å²) in [6.45, 7) is 22.1. The summed E-state index contributed by atoms with van der Waals surface area (Å²) >= 11 is 0. The van der Waals surface area contributed by atoms with Crippen LogP contribution >= 0.6 is 0 Å². The topological polar surface area (TPSA) is 27.7 Å². The predicted molar refractivity (Wildman–Crippen MR) is 167 cm³/mol. The first-order valence-corrected chi connectivity index (χ1v) is 21.7. The fraction of sp³-hybridized carbons (Fsp3) is 1.00. The largest absolute Gasteiger partial charge is 0.409 e. The molecule has 37 heavy (non-hydrogen) atoms. The minimum absolute atomic E-state index is 0.153. The molecule has 0 unspecified atom stereocenters. The van der Waals surface area contributed by atoms with Crippen molar-refractivity contribution >= 4 is 23.3 Å². The predicted octanol–water partition coefficient (Wildman–Crippen LogP) is 10.1. The molecule has 0 aromatic heterocycles. The molecule has 0 aromatic carbocycles. The second kappa shape index (κ2) is 13.4. The van der Waals surface area contributed by atoms with Crippen molar-refractivity contribution in [1.29, 1.82) is 0 Å². The van der Waals surface area contributed by atoms with Gasteiger partial charge in [0.25, 0.3) is 0 Å². The summed E-state index contributed by atoms with van der Waals surface area (Å²) in [6.07, 6.45) is 13.8. The summed E-state index contributed by atoms with van der Waals surface area (Å²) < 4.78 is 21.7. The molecule has 3 rings (SSSR count). The van der Waals surface area contributed by atoms with Gasteiger partial charge in [-0.05, 0) is 76.3 Å². The molecule has 0 spiro atoms. The quantitative estimate of drug-likeness (QED) is 0.201. The third kappa shape index (κ3) is 7.18. The smallest absolute Gasteiger partial charge is 0.192 e. The monoisotopic (exact) mass is 550 g/mol. The molecule has 0 aromatic rings. The third-order valence-corrected chi connectivity index (χ3v) is 21.3. The highest BCUT2D eigenvalue weighted by Gasteiger charge is 2.51. The maximum absolute atomic E-state index is 7.37. The second-order valence-corrected chi connectivity index (χ2v) is 23.3. The van der Waals surface area contributed by atoms with Crippen molar-refractivity contribution in [1.82, 2.24) is 0 Å². The molecule has 0 aliphatic carbocycles. The summed E-state index contributed by atoms with van der Waals surface area (Å²) in [4.78, 5) is 0. The van der Waals surface area contributed by atoms with Crippen LogP contribution in [0.1, 0.15) is 120 Å². The Kier molecular flexibility index (Phi) is 11.5. The Hall–Kier alpha value is 0.379. The molecule has 3 aliphatic heterocycles. The zero-order chi connectivity index (χ0) is 27.3. The van der Waals surface area contributed by atoms with Crippen LogP contribution < -0.4 is 0 Å². The minimum Gasteiger partial charge on any atom is -0.409 e. The molecule has 0 amide bonds.